The summed E-state index contributed by atoms with van der Waals surface area (Å²) in [6.07, 6.45) is 4.52. The number of aromatic nitrogens is 3. The van der Waals surface area contributed by atoms with E-state index < -0.39 is 0 Å². The van der Waals surface area contributed by atoms with E-state index in [0.717, 1.165) is 42.9 Å². The number of amides is 1. The first kappa shape index (κ1) is 12.9. The Hall–Kier alpha value is -2.11. The highest BCUT2D eigenvalue weighted by Gasteiger charge is 2.25. The van der Waals surface area contributed by atoms with Crippen LogP contribution in [0.2, 0.25) is 0 Å². The minimum Gasteiger partial charge on any atom is -0.359 e. The highest BCUT2D eigenvalue weighted by Crippen LogP contribution is 2.24. The summed E-state index contributed by atoms with van der Waals surface area (Å²) < 4.78 is 0. The number of rotatable bonds is 3. The van der Waals surface area contributed by atoms with Crippen molar-refractivity contribution in [2.24, 2.45) is 5.92 Å². The lowest BCUT2D eigenvalue weighted by Gasteiger charge is -2.22. The lowest BCUT2D eigenvalue weighted by atomic mass is 10.1. The topological polar surface area (TPSA) is 65.1 Å². The van der Waals surface area contributed by atoms with Crippen LogP contribution in [0, 0.1) is 5.92 Å². The molecule has 1 amide bonds. The Balaban J connectivity index is 1.72. The van der Waals surface area contributed by atoms with Crippen LogP contribution in [-0.2, 0) is 4.79 Å². The SMILES string of the molecule is CC(=O)N1CCC(CN(C)c2ncnc3[nH]ccc23)C1. The summed E-state index contributed by atoms with van der Waals surface area (Å²) in [5.74, 6) is 1.62. The maximum Gasteiger partial charge on any atom is 0.219 e. The molecule has 1 fully saturated rings. The highest BCUT2D eigenvalue weighted by molar-refractivity contribution is 5.87. The molecular weight excluding hydrogens is 254 g/mol. The molecule has 0 saturated carbocycles. The van der Waals surface area contributed by atoms with E-state index in [1.165, 1.54) is 0 Å². The van der Waals surface area contributed by atoms with E-state index >= 15 is 0 Å². The van der Waals surface area contributed by atoms with E-state index in [1.54, 1.807) is 13.3 Å². The smallest absolute Gasteiger partial charge is 0.219 e. The Labute approximate surface area is 117 Å². The van der Waals surface area contributed by atoms with Gasteiger partial charge < -0.3 is 14.8 Å². The third-order valence-corrected chi connectivity index (χ3v) is 3.96. The lowest BCUT2D eigenvalue weighted by Crippen LogP contribution is -2.30. The van der Waals surface area contributed by atoms with E-state index in [1.807, 2.05) is 24.2 Å². The van der Waals surface area contributed by atoms with Crippen LogP contribution in [0.1, 0.15) is 13.3 Å². The van der Waals surface area contributed by atoms with Crippen molar-refractivity contribution in [3.63, 3.8) is 0 Å². The summed E-state index contributed by atoms with van der Waals surface area (Å²) in [4.78, 5) is 27.1. The summed E-state index contributed by atoms with van der Waals surface area (Å²) in [7, 11) is 2.05. The molecule has 0 radical (unpaired) electrons. The number of nitrogens with one attached hydrogen (secondary N) is 1. The van der Waals surface area contributed by atoms with Gasteiger partial charge in [0.25, 0.3) is 0 Å². The molecule has 1 saturated heterocycles. The first-order chi connectivity index (χ1) is 9.65. The van der Waals surface area contributed by atoms with Gasteiger partial charge in [0.15, 0.2) is 0 Å². The van der Waals surface area contributed by atoms with Gasteiger partial charge in [-0.25, -0.2) is 9.97 Å². The number of H-pyrrole nitrogens is 1. The van der Waals surface area contributed by atoms with E-state index in [4.69, 9.17) is 0 Å². The molecule has 0 aromatic carbocycles. The molecule has 3 heterocycles. The molecule has 1 atom stereocenters. The molecule has 3 rings (SSSR count). The standard InChI is InChI=1S/C14H19N5O/c1-10(20)19-6-4-11(8-19)7-18(2)14-12-3-5-15-13(12)16-9-17-14/h3,5,9,11H,4,6-8H2,1-2H3,(H,15,16,17). The summed E-state index contributed by atoms with van der Waals surface area (Å²) in [6, 6.07) is 2.00. The zero-order valence-corrected chi connectivity index (χ0v) is 11.8. The molecule has 106 valence electrons. The van der Waals surface area contributed by atoms with Crippen molar-refractivity contribution < 1.29 is 4.79 Å². The van der Waals surface area contributed by atoms with Crippen LogP contribution in [0.5, 0.6) is 0 Å². The summed E-state index contributed by atoms with van der Waals surface area (Å²) in [5.41, 5.74) is 0.860. The van der Waals surface area contributed by atoms with Crippen LogP contribution in [0.25, 0.3) is 11.0 Å². The van der Waals surface area contributed by atoms with E-state index in [0.29, 0.717) is 5.92 Å². The third kappa shape index (κ3) is 2.33. The molecule has 2 aromatic heterocycles. The van der Waals surface area contributed by atoms with E-state index in [9.17, 15) is 4.79 Å². The van der Waals surface area contributed by atoms with Crippen LogP contribution in [0.15, 0.2) is 18.6 Å². The average molecular weight is 273 g/mol. The molecule has 1 aliphatic heterocycles. The maximum atomic E-state index is 11.4. The van der Waals surface area contributed by atoms with Crippen LogP contribution >= 0.6 is 0 Å². The number of anilines is 1. The minimum absolute atomic E-state index is 0.171. The predicted molar refractivity (Wildman–Crippen MR) is 77.5 cm³/mol. The molecule has 6 heteroatoms. The van der Waals surface area contributed by atoms with Crippen molar-refractivity contribution in [2.45, 2.75) is 13.3 Å². The molecule has 1 N–H and O–H groups in total. The van der Waals surface area contributed by atoms with Gasteiger partial charge in [0.2, 0.25) is 5.91 Å². The number of likely N-dealkylation sites (tertiary alicyclic amines) is 1. The van der Waals surface area contributed by atoms with Gasteiger partial charge in [-0.2, -0.15) is 0 Å². The fourth-order valence-electron chi connectivity index (χ4n) is 2.90. The van der Waals surface area contributed by atoms with Gasteiger partial charge in [0, 0.05) is 39.8 Å². The second-order valence-electron chi connectivity index (χ2n) is 5.44. The quantitative estimate of drug-likeness (QED) is 0.914. The van der Waals surface area contributed by atoms with Gasteiger partial charge >= 0.3 is 0 Å². The maximum absolute atomic E-state index is 11.4. The number of hydrogen-bond donors (Lipinski definition) is 1. The van der Waals surface area contributed by atoms with Crippen molar-refractivity contribution in [1.82, 2.24) is 19.9 Å². The zero-order chi connectivity index (χ0) is 14.1. The number of nitrogens with zero attached hydrogens (tertiary/aromatic N) is 4. The van der Waals surface area contributed by atoms with Crippen LogP contribution in [-0.4, -0.2) is 52.4 Å². The Kier molecular flexibility index (Phi) is 3.30. The van der Waals surface area contributed by atoms with Crippen LogP contribution in [0.4, 0.5) is 5.82 Å². The predicted octanol–water partition coefficient (Wildman–Crippen LogP) is 1.26. The lowest BCUT2D eigenvalue weighted by molar-refractivity contribution is -0.127. The number of hydrogen-bond acceptors (Lipinski definition) is 4. The Morgan fingerprint density at radius 2 is 2.40 bits per heavy atom. The molecule has 0 aliphatic carbocycles. The van der Waals surface area contributed by atoms with Crippen molar-refractivity contribution >= 4 is 22.8 Å². The van der Waals surface area contributed by atoms with Crippen molar-refractivity contribution in [3.05, 3.63) is 18.6 Å². The molecule has 0 bridgehead atoms. The number of carbonyl (C=O) groups excluding carboxylic acids is 1. The van der Waals surface area contributed by atoms with Gasteiger partial charge in [-0.05, 0) is 18.4 Å². The van der Waals surface area contributed by atoms with Crippen molar-refractivity contribution in [1.29, 1.82) is 0 Å². The van der Waals surface area contributed by atoms with Crippen LogP contribution < -0.4 is 4.90 Å². The normalized spacial score (nSPS) is 18.7. The first-order valence-electron chi connectivity index (χ1n) is 6.90. The van der Waals surface area contributed by atoms with Gasteiger partial charge in [-0.3, -0.25) is 4.79 Å². The Bertz CT molecular complexity index is 623. The number of carbonyl (C=O) groups is 1. The van der Waals surface area contributed by atoms with Gasteiger partial charge in [0.05, 0.1) is 5.39 Å². The molecule has 2 aromatic rings. The minimum atomic E-state index is 0.171. The third-order valence-electron chi connectivity index (χ3n) is 3.96. The highest BCUT2D eigenvalue weighted by atomic mass is 16.2. The van der Waals surface area contributed by atoms with E-state index in [-0.39, 0.29) is 5.91 Å². The second-order valence-corrected chi connectivity index (χ2v) is 5.44. The molecular formula is C14H19N5O. The largest absolute Gasteiger partial charge is 0.359 e. The molecule has 0 spiro atoms. The molecule has 1 unspecified atom stereocenters. The van der Waals surface area contributed by atoms with Crippen LogP contribution in [0.3, 0.4) is 0 Å². The average Bonchev–Trinajstić information content (AvgIpc) is 3.05. The fourth-order valence-corrected chi connectivity index (χ4v) is 2.90. The molecule has 6 nitrogen and oxygen atoms in total. The van der Waals surface area contributed by atoms with Gasteiger partial charge in [0.1, 0.15) is 17.8 Å². The van der Waals surface area contributed by atoms with Crippen molar-refractivity contribution in [2.75, 3.05) is 31.6 Å². The summed E-state index contributed by atoms with van der Waals surface area (Å²) in [5, 5.41) is 1.04. The molecule has 20 heavy (non-hydrogen) atoms. The van der Waals surface area contributed by atoms with Gasteiger partial charge in [-0.15, -0.1) is 0 Å². The fraction of sp³-hybridized carbons (Fsp3) is 0.500. The van der Waals surface area contributed by atoms with E-state index in [2.05, 4.69) is 19.9 Å². The number of aromatic amines is 1. The Morgan fingerprint density at radius 1 is 1.55 bits per heavy atom. The van der Waals surface area contributed by atoms with Gasteiger partial charge in [-0.1, -0.05) is 0 Å². The summed E-state index contributed by atoms with van der Waals surface area (Å²) in [6.45, 7) is 4.26. The molecule has 1 aliphatic rings. The Morgan fingerprint density at radius 3 is 3.15 bits per heavy atom. The zero-order valence-electron chi connectivity index (χ0n) is 11.8. The monoisotopic (exact) mass is 273 g/mol. The second kappa shape index (κ2) is 5.11. The van der Waals surface area contributed by atoms with Crippen molar-refractivity contribution in [3.8, 4) is 0 Å². The number of fused-ring (bicyclic) bond motifs is 1. The first-order valence-corrected chi connectivity index (χ1v) is 6.90. The summed E-state index contributed by atoms with van der Waals surface area (Å²) >= 11 is 0.